The van der Waals surface area contributed by atoms with Gasteiger partial charge in [0.15, 0.2) is 0 Å². The molecule has 14 heavy (non-hydrogen) atoms. The van der Waals surface area contributed by atoms with Gasteiger partial charge >= 0.3 is 0 Å². The van der Waals surface area contributed by atoms with Crippen molar-refractivity contribution in [2.24, 2.45) is 5.73 Å². The normalized spacial score (nSPS) is 13.2. The van der Waals surface area contributed by atoms with Crippen molar-refractivity contribution in [3.63, 3.8) is 0 Å². The van der Waals surface area contributed by atoms with Crippen molar-refractivity contribution in [3.8, 4) is 0 Å². The number of benzene rings is 1. The second-order valence-electron chi connectivity index (χ2n) is 3.05. The zero-order chi connectivity index (χ0) is 10.6. The molecule has 4 heteroatoms. The summed E-state index contributed by atoms with van der Waals surface area (Å²) in [4.78, 5) is 0.625. The lowest BCUT2D eigenvalue weighted by atomic mass is 10.0. The Labute approximate surface area is 86.7 Å². The highest BCUT2D eigenvalue weighted by Gasteiger charge is 2.12. The van der Waals surface area contributed by atoms with Crippen LogP contribution in [-0.4, -0.2) is 12.3 Å². The van der Waals surface area contributed by atoms with Crippen molar-refractivity contribution >= 4 is 11.8 Å². The Morgan fingerprint density at radius 2 is 2.00 bits per heavy atom. The number of hydrogen-bond donors (Lipinski definition) is 1. The van der Waals surface area contributed by atoms with E-state index in [2.05, 4.69) is 0 Å². The molecule has 1 unspecified atom stereocenters. The lowest BCUT2D eigenvalue weighted by Crippen LogP contribution is -2.09. The van der Waals surface area contributed by atoms with Gasteiger partial charge in [-0.05, 0) is 24.1 Å². The molecule has 1 nitrogen and oxygen atoms in total. The molecule has 1 aromatic carbocycles. The van der Waals surface area contributed by atoms with E-state index in [4.69, 9.17) is 5.73 Å². The summed E-state index contributed by atoms with van der Waals surface area (Å²) in [6, 6.07) is 7.16. The molecule has 1 aromatic rings. The number of alkyl halides is 2. The van der Waals surface area contributed by atoms with Gasteiger partial charge in [-0.25, -0.2) is 0 Å². The lowest BCUT2D eigenvalue weighted by molar-refractivity contribution is 0.252. The van der Waals surface area contributed by atoms with E-state index in [9.17, 15) is 8.78 Å². The first-order chi connectivity index (χ1) is 6.65. The molecule has 0 spiro atoms. The van der Waals surface area contributed by atoms with E-state index in [-0.39, 0.29) is 5.92 Å². The highest BCUT2D eigenvalue weighted by atomic mass is 32.2. The third-order valence-corrected chi connectivity index (χ3v) is 2.82. The monoisotopic (exact) mass is 217 g/mol. The summed E-state index contributed by atoms with van der Waals surface area (Å²) in [5.74, 6) is -2.25. The van der Waals surface area contributed by atoms with E-state index < -0.39 is 5.76 Å². The molecule has 1 rings (SSSR count). The molecule has 0 bridgehead atoms. The van der Waals surface area contributed by atoms with Gasteiger partial charge < -0.3 is 5.73 Å². The van der Waals surface area contributed by atoms with Crippen LogP contribution < -0.4 is 5.73 Å². The number of rotatable bonds is 4. The molecule has 0 fully saturated rings. The first-order valence-corrected chi connectivity index (χ1v) is 5.27. The van der Waals surface area contributed by atoms with Gasteiger partial charge in [-0.15, -0.1) is 0 Å². The van der Waals surface area contributed by atoms with Crippen molar-refractivity contribution in [3.05, 3.63) is 29.8 Å². The minimum Gasteiger partial charge on any atom is -0.330 e. The molecule has 0 saturated carbocycles. The average molecular weight is 217 g/mol. The third-order valence-electron chi connectivity index (χ3n) is 2.02. The van der Waals surface area contributed by atoms with Crippen molar-refractivity contribution in [2.45, 2.75) is 23.5 Å². The van der Waals surface area contributed by atoms with Gasteiger partial charge in [-0.2, -0.15) is 8.78 Å². The maximum absolute atomic E-state index is 12.2. The maximum atomic E-state index is 12.2. The van der Waals surface area contributed by atoms with Crippen LogP contribution in [0.15, 0.2) is 29.2 Å². The van der Waals surface area contributed by atoms with Crippen molar-refractivity contribution in [2.75, 3.05) is 6.54 Å². The molecule has 0 heterocycles. The van der Waals surface area contributed by atoms with Gasteiger partial charge in [0.2, 0.25) is 0 Å². The first-order valence-electron chi connectivity index (χ1n) is 4.39. The Morgan fingerprint density at radius 1 is 1.36 bits per heavy atom. The van der Waals surface area contributed by atoms with Crippen LogP contribution >= 0.6 is 11.8 Å². The summed E-state index contributed by atoms with van der Waals surface area (Å²) in [5, 5.41) is 0. The molecule has 0 saturated heterocycles. The number of hydrogen-bond acceptors (Lipinski definition) is 2. The summed E-state index contributed by atoms with van der Waals surface area (Å²) >= 11 is 0.580. The molecule has 0 aromatic heterocycles. The highest BCUT2D eigenvalue weighted by molar-refractivity contribution is 7.99. The van der Waals surface area contributed by atoms with Gasteiger partial charge in [-0.3, -0.25) is 0 Å². The van der Waals surface area contributed by atoms with Crippen LogP contribution in [-0.2, 0) is 0 Å². The van der Waals surface area contributed by atoms with Crippen LogP contribution in [0.4, 0.5) is 8.78 Å². The zero-order valence-corrected chi connectivity index (χ0v) is 8.73. The van der Waals surface area contributed by atoms with Gasteiger partial charge in [0.25, 0.3) is 5.76 Å². The minimum absolute atomic E-state index is 0.123. The van der Waals surface area contributed by atoms with Gasteiger partial charge in [0.05, 0.1) is 0 Å². The van der Waals surface area contributed by atoms with E-state index in [1.54, 1.807) is 12.1 Å². The topological polar surface area (TPSA) is 26.0 Å². The minimum atomic E-state index is -2.37. The molecular formula is C10H13F2NS. The molecule has 78 valence electrons. The second kappa shape index (κ2) is 5.32. The van der Waals surface area contributed by atoms with E-state index in [0.29, 0.717) is 23.2 Å². The summed E-state index contributed by atoms with van der Waals surface area (Å²) in [5.41, 5.74) is 6.41. The van der Waals surface area contributed by atoms with Crippen LogP contribution in [0.25, 0.3) is 0 Å². The highest BCUT2D eigenvalue weighted by Crippen LogP contribution is 2.31. The molecule has 1 atom stereocenters. The van der Waals surface area contributed by atoms with E-state index >= 15 is 0 Å². The quantitative estimate of drug-likeness (QED) is 0.784. The largest absolute Gasteiger partial charge is 0.330 e. The first kappa shape index (κ1) is 11.5. The standard InChI is InChI=1S/C10H13F2NS/c1-7(6-13)8-4-2-3-5-9(8)14-10(11)12/h2-5,7,10H,6,13H2,1H3. The summed E-state index contributed by atoms with van der Waals surface area (Å²) in [6.45, 7) is 2.41. The van der Waals surface area contributed by atoms with Crippen LogP contribution in [0.5, 0.6) is 0 Å². The Balaban J connectivity index is 2.91. The fraction of sp³-hybridized carbons (Fsp3) is 0.400. The van der Waals surface area contributed by atoms with E-state index in [1.807, 2.05) is 19.1 Å². The third kappa shape index (κ3) is 2.96. The SMILES string of the molecule is CC(CN)c1ccccc1SC(F)F. The van der Waals surface area contributed by atoms with Crippen molar-refractivity contribution in [1.82, 2.24) is 0 Å². The molecule has 0 aliphatic rings. The van der Waals surface area contributed by atoms with E-state index in [1.165, 1.54) is 0 Å². The van der Waals surface area contributed by atoms with Crippen LogP contribution in [0, 0.1) is 0 Å². The second-order valence-corrected chi connectivity index (χ2v) is 4.08. The molecule has 0 amide bonds. The summed E-state index contributed by atoms with van der Waals surface area (Å²) < 4.78 is 24.4. The predicted molar refractivity (Wildman–Crippen MR) is 55.8 cm³/mol. The zero-order valence-electron chi connectivity index (χ0n) is 7.91. The molecular weight excluding hydrogens is 204 g/mol. The summed E-state index contributed by atoms with van der Waals surface area (Å²) in [6.07, 6.45) is 0. The fourth-order valence-corrected chi connectivity index (χ4v) is 1.97. The Bertz CT molecular complexity index is 291. The number of nitrogens with two attached hydrogens (primary N) is 1. The van der Waals surface area contributed by atoms with Crippen LogP contribution in [0.3, 0.4) is 0 Å². The Morgan fingerprint density at radius 3 is 2.57 bits per heavy atom. The van der Waals surface area contributed by atoms with Crippen molar-refractivity contribution < 1.29 is 8.78 Å². The molecule has 2 N–H and O–H groups in total. The van der Waals surface area contributed by atoms with Crippen molar-refractivity contribution in [1.29, 1.82) is 0 Å². The number of thioether (sulfide) groups is 1. The lowest BCUT2D eigenvalue weighted by Gasteiger charge is -2.13. The van der Waals surface area contributed by atoms with Gasteiger partial charge in [-0.1, -0.05) is 36.9 Å². The number of halogens is 2. The molecule has 0 aliphatic carbocycles. The smallest absolute Gasteiger partial charge is 0.288 e. The molecule has 0 radical (unpaired) electrons. The average Bonchev–Trinajstić information content (AvgIpc) is 2.16. The Kier molecular flexibility index (Phi) is 4.35. The van der Waals surface area contributed by atoms with Crippen LogP contribution in [0.2, 0.25) is 0 Å². The van der Waals surface area contributed by atoms with Gasteiger partial charge in [0, 0.05) is 4.90 Å². The Hall–Kier alpha value is -0.610. The van der Waals surface area contributed by atoms with Gasteiger partial charge in [0.1, 0.15) is 0 Å². The fourth-order valence-electron chi connectivity index (χ4n) is 1.22. The predicted octanol–water partition coefficient (Wildman–Crippen LogP) is 3.06. The maximum Gasteiger partial charge on any atom is 0.288 e. The summed E-state index contributed by atoms with van der Waals surface area (Å²) in [7, 11) is 0. The molecule has 0 aliphatic heterocycles. The van der Waals surface area contributed by atoms with Crippen LogP contribution in [0.1, 0.15) is 18.4 Å². The van der Waals surface area contributed by atoms with E-state index in [0.717, 1.165) is 5.56 Å².